The first-order valence-electron chi connectivity index (χ1n) is 13.2. The van der Waals surface area contributed by atoms with Gasteiger partial charge in [0.05, 0.1) is 23.5 Å². The van der Waals surface area contributed by atoms with Crippen LogP contribution in [0.5, 0.6) is 5.75 Å². The van der Waals surface area contributed by atoms with Crippen LogP contribution in [0.4, 0.5) is 4.39 Å². The van der Waals surface area contributed by atoms with Gasteiger partial charge >= 0.3 is 0 Å². The third-order valence-electron chi connectivity index (χ3n) is 7.62. The number of carbonyl (C=O) groups is 1. The SMILES string of the molecule is O=C(NS(=O)(=O)C1CC1)c1cc(C2CC2)c(OCC2CN(C(c3ccccc3)c3ccccc3)C2)cc1F.[HH]. The quantitative estimate of drug-likeness (QED) is 0.382. The van der Waals surface area contributed by atoms with Gasteiger partial charge in [0.25, 0.3) is 5.91 Å². The monoisotopic (exact) mass is 536 g/mol. The second-order valence-corrected chi connectivity index (χ2v) is 12.6. The van der Waals surface area contributed by atoms with Crippen molar-refractivity contribution in [3.05, 3.63) is 101 Å². The fourth-order valence-electron chi connectivity index (χ4n) is 5.25. The van der Waals surface area contributed by atoms with Gasteiger partial charge in [-0.25, -0.2) is 17.5 Å². The van der Waals surface area contributed by atoms with Gasteiger partial charge in [0.2, 0.25) is 10.0 Å². The molecule has 1 amide bonds. The van der Waals surface area contributed by atoms with Gasteiger partial charge < -0.3 is 4.74 Å². The van der Waals surface area contributed by atoms with Crippen molar-refractivity contribution >= 4 is 15.9 Å². The van der Waals surface area contributed by atoms with E-state index in [0.29, 0.717) is 31.1 Å². The van der Waals surface area contributed by atoms with E-state index >= 15 is 0 Å². The Hall–Kier alpha value is -3.23. The molecule has 0 bridgehead atoms. The van der Waals surface area contributed by atoms with E-state index in [1.165, 1.54) is 23.3 Å². The minimum Gasteiger partial charge on any atom is -0.493 e. The van der Waals surface area contributed by atoms with Crippen molar-refractivity contribution in [2.75, 3.05) is 19.7 Å². The molecule has 0 unspecified atom stereocenters. The molecule has 1 saturated heterocycles. The minimum atomic E-state index is -3.75. The molecule has 3 aromatic carbocycles. The van der Waals surface area contributed by atoms with E-state index in [-0.39, 0.29) is 18.9 Å². The van der Waals surface area contributed by atoms with E-state index in [1.54, 1.807) is 0 Å². The molecule has 2 aliphatic carbocycles. The number of benzene rings is 3. The highest BCUT2D eigenvalue weighted by Gasteiger charge is 2.38. The zero-order valence-electron chi connectivity index (χ0n) is 21.1. The first-order chi connectivity index (χ1) is 18.4. The lowest BCUT2D eigenvalue weighted by Crippen LogP contribution is -2.51. The molecule has 3 fully saturated rings. The van der Waals surface area contributed by atoms with Gasteiger partial charge in [0.15, 0.2) is 0 Å². The number of rotatable bonds is 10. The summed E-state index contributed by atoms with van der Waals surface area (Å²) in [5.41, 5.74) is 3.03. The second-order valence-electron chi connectivity index (χ2n) is 10.7. The molecule has 1 N–H and O–H groups in total. The summed E-state index contributed by atoms with van der Waals surface area (Å²) in [4.78, 5) is 15.0. The van der Waals surface area contributed by atoms with Crippen molar-refractivity contribution < 1.29 is 23.8 Å². The number of nitrogens with zero attached hydrogens (tertiary/aromatic N) is 1. The maximum atomic E-state index is 15.0. The first-order valence-corrected chi connectivity index (χ1v) is 14.8. The summed E-state index contributed by atoms with van der Waals surface area (Å²) in [5.74, 6) is -0.725. The van der Waals surface area contributed by atoms with Crippen LogP contribution in [-0.4, -0.2) is 44.2 Å². The van der Waals surface area contributed by atoms with E-state index < -0.39 is 27.0 Å². The van der Waals surface area contributed by atoms with Crippen LogP contribution in [-0.2, 0) is 10.0 Å². The fourth-order valence-corrected chi connectivity index (χ4v) is 6.54. The molecule has 3 aliphatic rings. The molecule has 2 saturated carbocycles. The molecule has 1 aliphatic heterocycles. The molecule has 6 nitrogen and oxygen atoms in total. The van der Waals surface area contributed by atoms with Crippen molar-refractivity contribution in [1.82, 2.24) is 9.62 Å². The zero-order chi connectivity index (χ0) is 26.3. The minimum absolute atomic E-state index is 0. The van der Waals surface area contributed by atoms with Crippen molar-refractivity contribution in [3.63, 3.8) is 0 Å². The summed E-state index contributed by atoms with van der Waals surface area (Å²) in [6.45, 7) is 2.16. The van der Waals surface area contributed by atoms with E-state index in [2.05, 4.69) is 53.4 Å². The normalized spacial score (nSPS) is 18.3. The third kappa shape index (κ3) is 5.33. The van der Waals surface area contributed by atoms with Crippen molar-refractivity contribution in [2.45, 2.75) is 42.9 Å². The topological polar surface area (TPSA) is 75.7 Å². The van der Waals surface area contributed by atoms with Gasteiger partial charge in [-0.05, 0) is 54.4 Å². The van der Waals surface area contributed by atoms with Gasteiger partial charge in [-0.1, -0.05) is 60.7 Å². The Labute approximate surface area is 224 Å². The van der Waals surface area contributed by atoms with Gasteiger partial charge in [-0.3, -0.25) is 9.69 Å². The number of sulfonamides is 1. The lowest BCUT2D eigenvalue weighted by Gasteiger charge is -2.44. The molecule has 0 aromatic heterocycles. The standard InChI is InChI=1S/C30H31FN2O4S.H2/c31-27-16-28(25(21-11-12-21)15-26(27)30(34)32-38(35,36)24-13-14-24)37-19-20-17-33(18-20)29(22-7-3-1-4-8-22)23-9-5-2-6-10-23;/h1-10,15-16,20-21,24,29H,11-14,17-19H2,(H,32,34);1H. The third-order valence-corrected chi connectivity index (χ3v) is 9.43. The molecule has 8 heteroatoms. The Morgan fingerprint density at radius 3 is 2.13 bits per heavy atom. The highest BCUT2D eigenvalue weighted by molar-refractivity contribution is 7.91. The molecular weight excluding hydrogens is 503 g/mol. The van der Waals surface area contributed by atoms with E-state index in [9.17, 15) is 17.6 Å². The summed E-state index contributed by atoms with van der Waals surface area (Å²) < 4.78 is 47.5. The summed E-state index contributed by atoms with van der Waals surface area (Å²) in [6.07, 6.45) is 2.94. The maximum Gasteiger partial charge on any atom is 0.267 e. The van der Waals surface area contributed by atoms with E-state index in [4.69, 9.17) is 4.74 Å². The maximum absolute atomic E-state index is 15.0. The van der Waals surface area contributed by atoms with Crippen LogP contribution in [0, 0.1) is 11.7 Å². The summed E-state index contributed by atoms with van der Waals surface area (Å²) in [7, 11) is -3.75. The Balaban J connectivity index is 0.00000308. The Bertz CT molecular complexity index is 1380. The van der Waals surface area contributed by atoms with E-state index in [1.807, 2.05) is 16.9 Å². The zero-order valence-corrected chi connectivity index (χ0v) is 21.9. The van der Waals surface area contributed by atoms with Gasteiger partial charge in [-0.2, -0.15) is 0 Å². The molecule has 38 heavy (non-hydrogen) atoms. The molecule has 6 rings (SSSR count). The van der Waals surface area contributed by atoms with Crippen LogP contribution < -0.4 is 9.46 Å². The lowest BCUT2D eigenvalue weighted by molar-refractivity contribution is 0.0375. The fraction of sp³-hybridized carbons (Fsp3) is 0.367. The number of ether oxygens (including phenoxy) is 1. The van der Waals surface area contributed by atoms with Crippen molar-refractivity contribution in [3.8, 4) is 5.75 Å². The molecule has 0 atom stereocenters. The van der Waals surface area contributed by atoms with Crippen LogP contribution in [0.25, 0.3) is 0 Å². The van der Waals surface area contributed by atoms with Crippen molar-refractivity contribution in [2.24, 2.45) is 5.92 Å². The van der Waals surface area contributed by atoms with Crippen LogP contribution in [0.15, 0.2) is 72.8 Å². The Morgan fingerprint density at radius 1 is 0.974 bits per heavy atom. The van der Waals surface area contributed by atoms with Crippen LogP contribution in [0.3, 0.4) is 0 Å². The number of carbonyl (C=O) groups excluding carboxylic acids is 1. The van der Waals surface area contributed by atoms with Crippen LogP contribution in [0.2, 0.25) is 0 Å². The molecule has 3 aromatic rings. The summed E-state index contributed by atoms with van der Waals surface area (Å²) in [6, 6.07) is 23.8. The lowest BCUT2D eigenvalue weighted by atomic mass is 9.90. The average molecular weight is 537 g/mol. The Morgan fingerprint density at radius 2 is 1.58 bits per heavy atom. The predicted octanol–water partition coefficient (Wildman–Crippen LogP) is 5.27. The number of nitrogens with one attached hydrogen (secondary N) is 1. The van der Waals surface area contributed by atoms with Crippen molar-refractivity contribution in [1.29, 1.82) is 0 Å². The molecular formula is C30H33FN2O4S. The number of hydrogen-bond acceptors (Lipinski definition) is 5. The number of amides is 1. The molecule has 1 heterocycles. The number of hydrogen-bond donors (Lipinski definition) is 1. The van der Waals surface area contributed by atoms with E-state index in [0.717, 1.165) is 31.5 Å². The Kier molecular flexibility index (Phi) is 6.70. The molecule has 200 valence electrons. The molecule has 0 radical (unpaired) electrons. The van der Waals surface area contributed by atoms with Gasteiger partial charge in [0, 0.05) is 26.5 Å². The average Bonchev–Trinajstić information content (AvgIpc) is 3.79. The largest absolute Gasteiger partial charge is 0.493 e. The highest BCUT2D eigenvalue weighted by atomic mass is 32.2. The van der Waals surface area contributed by atoms with Crippen LogP contribution in [0.1, 0.15) is 66.1 Å². The predicted molar refractivity (Wildman–Crippen MR) is 145 cm³/mol. The van der Waals surface area contributed by atoms with Crippen LogP contribution >= 0.6 is 0 Å². The van der Waals surface area contributed by atoms with Gasteiger partial charge in [0.1, 0.15) is 11.6 Å². The number of likely N-dealkylation sites (tertiary alicyclic amines) is 1. The summed E-state index contributed by atoms with van der Waals surface area (Å²) >= 11 is 0. The van der Waals surface area contributed by atoms with Gasteiger partial charge in [-0.15, -0.1) is 0 Å². The first kappa shape index (κ1) is 25.1. The smallest absolute Gasteiger partial charge is 0.267 e. The number of halogens is 1. The summed E-state index contributed by atoms with van der Waals surface area (Å²) in [5, 5.41) is -0.551. The second kappa shape index (κ2) is 10.2. The highest BCUT2D eigenvalue weighted by Crippen LogP contribution is 2.45. The molecule has 0 spiro atoms.